The van der Waals surface area contributed by atoms with E-state index in [1.54, 1.807) is 25.8 Å². The number of rotatable bonds is 9. The van der Waals surface area contributed by atoms with Gasteiger partial charge in [-0.2, -0.15) is 0 Å². The van der Waals surface area contributed by atoms with Crippen LogP contribution in [0, 0.1) is 18.3 Å². The summed E-state index contributed by atoms with van der Waals surface area (Å²) in [4.78, 5) is 26.4. The number of carbonyl (C=O) groups is 2. The first-order valence-corrected chi connectivity index (χ1v) is 15.2. The van der Waals surface area contributed by atoms with Gasteiger partial charge >= 0.3 is 0 Å². The van der Waals surface area contributed by atoms with Gasteiger partial charge in [-0.25, -0.2) is 0 Å². The molecule has 7 heteroatoms. The third kappa shape index (κ3) is 8.14. The number of benzene rings is 1. The fourth-order valence-electron chi connectivity index (χ4n) is 5.03. The fourth-order valence-corrected chi connectivity index (χ4v) is 6.06. The van der Waals surface area contributed by atoms with Crippen LogP contribution in [0.4, 0.5) is 0 Å². The van der Waals surface area contributed by atoms with Crippen LogP contribution < -0.4 is 15.8 Å². The Morgan fingerprint density at radius 3 is 2.21 bits per heavy atom. The van der Waals surface area contributed by atoms with Crippen LogP contribution in [-0.4, -0.2) is 28.5 Å². The summed E-state index contributed by atoms with van der Waals surface area (Å²) >= 11 is 1.68. The molecule has 39 heavy (non-hydrogen) atoms. The molecule has 0 saturated heterocycles. The summed E-state index contributed by atoms with van der Waals surface area (Å²) in [6.07, 6.45) is 6.32. The molecule has 0 spiro atoms. The summed E-state index contributed by atoms with van der Waals surface area (Å²) in [6, 6.07) is 8.73. The maximum Gasteiger partial charge on any atom is 0.253 e. The van der Waals surface area contributed by atoms with Crippen LogP contribution in [-0.2, 0) is 16.8 Å². The van der Waals surface area contributed by atoms with E-state index in [1.807, 2.05) is 13.0 Å². The summed E-state index contributed by atoms with van der Waals surface area (Å²) in [5.74, 6) is 0.0213. The number of primary amides is 1. The second kappa shape index (κ2) is 12.1. The molecule has 216 valence electrons. The zero-order valence-corrected chi connectivity index (χ0v) is 26.4. The number of carbonyl (C=O) groups excluding carboxylic acids is 2. The Hall–Kier alpha value is -2.25. The third-order valence-electron chi connectivity index (χ3n) is 7.69. The number of hydrogen-bond acceptors (Lipinski definition) is 4. The van der Waals surface area contributed by atoms with E-state index in [-0.39, 0.29) is 23.4 Å². The van der Waals surface area contributed by atoms with Crippen molar-refractivity contribution in [2.45, 2.75) is 117 Å². The van der Waals surface area contributed by atoms with Crippen molar-refractivity contribution in [2.24, 2.45) is 17.1 Å². The third-order valence-corrected chi connectivity index (χ3v) is 8.98. The summed E-state index contributed by atoms with van der Waals surface area (Å²) in [6.45, 7) is 19.9. The summed E-state index contributed by atoms with van der Waals surface area (Å²) in [7, 11) is 0. The minimum atomic E-state index is -0.812. The zero-order chi connectivity index (χ0) is 29.2. The molecule has 1 aromatic heterocycles. The fraction of sp³-hybridized carbons (Fsp3) is 0.625. The highest BCUT2D eigenvalue weighted by molar-refractivity contribution is 7.97. The average molecular weight is 555 g/mol. The van der Waals surface area contributed by atoms with Gasteiger partial charge in [0.25, 0.3) is 5.91 Å². The van der Waals surface area contributed by atoms with Crippen molar-refractivity contribution in [3.05, 3.63) is 41.1 Å². The standard InChI is InChI=1S/C32H50N4O2S/c1-21-24(28(37)34-20-32(8,9)29(33)38)18-26(36(21)19-22-13-11-10-12-14-22)23-15-16-27(39-35-31(5,6)7)25(17-23)30(2,3)4/h15-18,22,35H,10-14,19-20H2,1-9H3,(H2,33,38)(H,34,37). The van der Waals surface area contributed by atoms with Gasteiger partial charge in [0.2, 0.25) is 5.91 Å². The van der Waals surface area contributed by atoms with E-state index >= 15 is 0 Å². The zero-order valence-electron chi connectivity index (χ0n) is 25.6. The highest BCUT2D eigenvalue weighted by Crippen LogP contribution is 2.37. The Bertz CT molecular complexity index is 1180. The largest absolute Gasteiger partial charge is 0.369 e. The molecule has 0 radical (unpaired) electrons. The van der Waals surface area contributed by atoms with Crippen molar-refractivity contribution in [3.63, 3.8) is 0 Å². The minimum absolute atomic E-state index is 0.00432. The van der Waals surface area contributed by atoms with E-state index in [2.05, 4.69) is 74.3 Å². The monoisotopic (exact) mass is 554 g/mol. The number of nitrogens with two attached hydrogens (primary N) is 1. The summed E-state index contributed by atoms with van der Waals surface area (Å²) in [5.41, 5.74) is 9.77. The SMILES string of the molecule is Cc1c(C(=O)NCC(C)(C)C(N)=O)cc(-c2ccc(SNC(C)(C)C)c(C(C)(C)C)c2)n1CC1CCCCC1. The molecular weight excluding hydrogens is 504 g/mol. The number of hydrogen-bond donors (Lipinski definition) is 3. The molecule has 0 aliphatic heterocycles. The van der Waals surface area contributed by atoms with Gasteiger partial charge in [-0.05, 0) is 107 Å². The van der Waals surface area contributed by atoms with Gasteiger partial charge in [-0.3, -0.25) is 14.3 Å². The van der Waals surface area contributed by atoms with Gasteiger partial charge in [0.1, 0.15) is 0 Å². The van der Waals surface area contributed by atoms with Crippen LogP contribution in [0.3, 0.4) is 0 Å². The van der Waals surface area contributed by atoms with Gasteiger partial charge < -0.3 is 15.6 Å². The number of nitrogens with zero attached hydrogens (tertiary/aromatic N) is 1. The van der Waals surface area contributed by atoms with E-state index in [1.165, 1.54) is 42.6 Å². The Labute approximate surface area is 240 Å². The van der Waals surface area contributed by atoms with Crippen LogP contribution in [0.15, 0.2) is 29.2 Å². The van der Waals surface area contributed by atoms with E-state index in [0.717, 1.165) is 23.5 Å². The second-order valence-electron chi connectivity index (χ2n) is 14.0. The highest BCUT2D eigenvalue weighted by atomic mass is 32.2. The van der Waals surface area contributed by atoms with Crippen LogP contribution in [0.1, 0.15) is 109 Å². The van der Waals surface area contributed by atoms with Crippen molar-refractivity contribution < 1.29 is 9.59 Å². The van der Waals surface area contributed by atoms with Gasteiger partial charge in [-0.1, -0.05) is 46.1 Å². The summed E-state index contributed by atoms with van der Waals surface area (Å²) in [5, 5.41) is 2.97. The van der Waals surface area contributed by atoms with Crippen LogP contribution in [0.25, 0.3) is 11.3 Å². The minimum Gasteiger partial charge on any atom is -0.369 e. The lowest BCUT2D eigenvalue weighted by Gasteiger charge is -2.27. The van der Waals surface area contributed by atoms with Crippen LogP contribution in [0.2, 0.25) is 0 Å². The van der Waals surface area contributed by atoms with E-state index in [0.29, 0.717) is 11.5 Å². The Balaban J connectivity index is 2.05. The van der Waals surface area contributed by atoms with Gasteiger partial charge in [-0.15, -0.1) is 0 Å². The topological polar surface area (TPSA) is 89.2 Å². The normalized spacial score (nSPS) is 15.4. The predicted octanol–water partition coefficient (Wildman–Crippen LogP) is 6.98. The molecule has 6 nitrogen and oxygen atoms in total. The molecule has 3 rings (SSSR count). The van der Waals surface area contributed by atoms with Gasteiger partial charge in [0, 0.05) is 34.9 Å². The number of nitrogens with one attached hydrogen (secondary N) is 2. The maximum atomic E-state index is 13.4. The lowest BCUT2D eigenvalue weighted by Crippen LogP contribution is -2.42. The summed E-state index contributed by atoms with van der Waals surface area (Å²) < 4.78 is 5.92. The van der Waals surface area contributed by atoms with Crippen molar-refractivity contribution in [1.29, 1.82) is 0 Å². The first-order valence-electron chi connectivity index (χ1n) is 14.4. The van der Waals surface area contributed by atoms with E-state index < -0.39 is 11.3 Å². The molecule has 1 aromatic carbocycles. The first-order chi connectivity index (χ1) is 18.0. The van der Waals surface area contributed by atoms with Gasteiger partial charge in [0.15, 0.2) is 0 Å². The molecule has 0 bridgehead atoms. The number of amides is 2. The Morgan fingerprint density at radius 1 is 1.00 bits per heavy atom. The molecule has 1 saturated carbocycles. The molecule has 4 N–H and O–H groups in total. The predicted molar refractivity (Wildman–Crippen MR) is 164 cm³/mol. The molecule has 1 heterocycles. The molecule has 2 aromatic rings. The molecule has 0 unspecified atom stereocenters. The highest BCUT2D eigenvalue weighted by Gasteiger charge is 2.28. The number of aromatic nitrogens is 1. The van der Waals surface area contributed by atoms with Crippen molar-refractivity contribution >= 4 is 23.8 Å². The molecule has 2 amide bonds. The molecule has 0 atom stereocenters. The Morgan fingerprint density at radius 2 is 1.64 bits per heavy atom. The molecule has 1 aliphatic rings. The maximum absolute atomic E-state index is 13.4. The molecule has 1 aliphatic carbocycles. The lowest BCUT2D eigenvalue weighted by atomic mass is 9.85. The van der Waals surface area contributed by atoms with Crippen molar-refractivity contribution in [3.8, 4) is 11.3 Å². The first kappa shape index (κ1) is 31.3. The molecule has 1 fully saturated rings. The van der Waals surface area contributed by atoms with Gasteiger partial charge in [0.05, 0.1) is 11.0 Å². The van der Waals surface area contributed by atoms with E-state index in [9.17, 15) is 9.59 Å². The quantitative estimate of drug-likeness (QED) is 0.292. The average Bonchev–Trinajstić information content (AvgIpc) is 3.16. The van der Waals surface area contributed by atoms with Crippen molar-refractivity contribution in [2.75, 3.05) is 6.54 Å². The van der Waals surface area contributed by atoms with Crippen LogP contribution >= 0.6 is 11.9 Å². The smallest absolute Gasteiger partial charge is 0.253 e. The Kier molecular flexibility index (Phi) is 9.70. The van der Waals surface area contributed by atoms with Crippen molar-refractivity contribution in [1.82, 2.24) is 14.6 Å². The van der Waals surface area contributed by atoms with Crippen LogP contribution in [0.5, 0.6) is 0 Å². The van der Waals surface area contributed by atoms with E-state index in [4.69, 9.17) is 5.73 Å². The molecular formula is C32H50N4O2S. The lowest BCUT2D eigenvalue weighted by molar-refractivity contribution is -0.125. The second-order valence-corrected chi connectivity index (χ2v) is 14.8.